The zero-order chi connectivity index (χ0) is 10.9. The Kier molecular flexibility index (Phi) is 2.62. The zero-order valence-electron chi connectivity index (χ0n) is 8.79. The highest BCUT2D eigenvalue weighted by atomic mass is 16.1. The minimum Gasteiger partial charge on any atom is -0.368 e. The molecular weight excluding hydrogens is 176 g/mol. The van der Waals surface area contributed by atoms with Crippen LogP contribution >= 0.6 is 0 Å². The van der Waals surface area contributed by atoms with E-state index in [1.807, 2.05) is 32.0 Å². The predicted octanol–water partition coefficient (Wildman–Crippen LogP) is 0.963. The standard InChI is InChI=1S/C11H16N2O/c1-7-4-5-9(8(2)6-7)11(3,13)10(12)14/h4-6H,13H2,1-3H3,(H2,12,14). The largest absolute Gasteiger partial charge is 0.368 e. The number of nitrogens with two attached hydrogens (primary N) is 2. The molecule has 76 valence electrons. The Morgan fingerprint density at radius 2 is 1.93 bits per heavy atom. The summed E-state index contributed by atoms with van der Waals surface area (Å²) in [5.41, 5.74) is 12.9. The summed E-state index contributed by atoms with van der Waals surface area (Å²) < 4.78 is 0. The smallest absolute Gasteiger partial charge is 0.241 e. The lowest BCUT2D eigenvalue weighted by atomic mass is 9.88. The van der Waals surface area contributed by atoms with Gasteiger partial charge in [-0.15, -0.1) is 0 Å². The van der Waals surface area contributed by atoms with Crippen LogP contribution in [0.1, 0.15) is 23.6 Å². The molecule has 1 unspecified atom stereocenters. The van der Waals surface area contributed by atoms with Crippen LogP contribution in [-0.4, -0.2) is 5.91 Å². The molecule has 0 aliphatic heterocycles. The van der Waals surface area contributed by atoms with E-state index in [-0.39, 0.29) is 0 Å². The van der Waals surface area contributed by atoms with E-state index in [4.69, 9.17) is 11.5 Å². The number of carbonyl (C=O) groups is 1. The predicted molar refractivity (Wildman–Crippen MR) is 56.6 cm³/mol. The summed E-state index contributed by atoms with van der Waals surface area (Å²) in [7, 11) is 0. The SMILES string of the molecule is Cc1ccc(C(C)(N)C(N)=O)c(C)c1. The van der Waals surface area contributed by atoms with Gasteiger partial charge in [-0.2, -0.15) is 0 Å². The molecule has 1 amide bonds. The van der Waals surface area contributed by atoms with Crippen LogP contribution in [0.25, 0.3) is 0 Å². The van der Waals surface area contributed by atoms with Crippen LogP contribution in [0.4, 0.5) is 0 Å². The van der Waals surface area contributed by atoms with Crippen LogP contribution < -0.4 is 11.5 Å². The normalized spacial score (nSPS) is 14.9. The lowest BCUT2D eigenvalue weighted by molar-refractivity contribution is -0.122. The summed E-state index contributed by atoms with van der Waals surface area (Å²) in [6, 6.07) is 5.77. The topological polar surface area (TPSA) is 69.1 Å². The number of amides is 1. The Balaban J connectivity index is 3.26. The van der Waals surface area contributed by atoms with E-state index in [1.165, 1.54) is 0 Å². The van der Waals surface area contributed by atoms with Gasteiger partial charge in [0.25, 0.3) is 0 Å². The Morgan fingerprint density at radius 3 is 2.36 bits per heavy atom. The molecule has 0 heterocycles. The molecule has 1 aromatic rings. The van der Waals surface area contributed by atoms with E-state index in [0.29, 0.717) is 0 Å². The second kappa shape index (κ2) is 3.42. The third kappa shape index (κ3) is 1.77. The monoisotopic (exact) mass is 192 g/mol. The molecule has 0 spiro atoms. The first-order chi connectivity index (χ1) is 6.35. The third-order valence-corrected chi connectivity index (χ3v) is 2.45. The van der Waals surface area contributed by atoms with E-state index >= 15 is 0 Å². The number of aryl methyl sites for hydroxylation is 2. The minimum atomic E-state index is -1.09. The first kappa shape index (κ1) is 10.7. The third-order valence-electron chi connectivity index (χ3n) is 2.45. The van der Waals surface area contributed by atoms with Crippen molar-refractivity contribution < 1.29 is 4.79 Å². The van der Waals surface area contributed by atoms with Crippen molar-refractivity contribution in [3.8, 4) is 0 Å². The van der Waals surface area contributed by atoms with Gasteiger partial charge in [0.1, 0.15) is 5.54 Å². The molecule has 3 heteroatoms. The number of carbonyl (C=O) groups excluding carboxylic acids is 1. The molecule has 1 aromatic carbocycles. The second-order valence-electron chi connectivity index (χ2n) is 3.88. The van der Waals surface area contributed by atoms with Crippen LogP contribution in [0.2, 0.25) is 0 Å². The minimum absolute atomic E-state index is 0.510. The average molecular weight is 192 g/mol. The maximum atomic E-state index is 11.2. The molecule has 0 aliphatic carbocycles. The maximum Gasteiger partial charge on any atom is 0.241 e. The molecular formula is C11H16N2O. The van der Waals surface area contributed by atoms with Crippen molar-refractivity contribution in [1.29, 1.82) is 0 Å². The van der Waals surface area contributed by atoms with Crippen molar-refractivity contribution in [2.75, 3.05) is 0 Å². The van der Waals surface area contributed by atoms with Crippen molar-refractivity contribution in [1.82, 2.24) is 0 Å². The summed E-state index contributed by atoms with van der Waals surface area (Å²) in [4.78, 5) is 11.2. The van der Waals surface area contributed by atoms with Gasteiger partial charge in [-0.1, -0.05) is 23.8 Å². The molecule has 0 fully saturated rings. The lowest BCUT2D eigenvalue weighted by Crippen LogP contribution is -2.46. The first-order valence-electron chi connectivity index (χ1n) is 4.52. The van der Waals surface area contributed by atoms with Gasteiger partial charge in [-0.25, -0.2) is 0 Å². The molecule has 1 atom stereocenters. The number of primary amides is 1. The lowest BCUT2D eigenvalue weighted by Gasteiger charge is -2.23. The molecule has 1 rings (SSSR count). The van der Waals surface area contributed by atoms with Gasteiger partial charge in [0.2, 0.25) is 5.91 Å². The Morgan fingerprint density at radius 1 is 1.36 bits per heavy atom. The molecule has 3 nitrogen and oxygen atoms in total. The van der Waals surface area contributed by atoms with E-state index in [2.05, 4.69) is 0 Å². The maximum absolute atomic E-state index is 11.2. The molecule has 0 saturated carbocycles. The number of benzene rings is 1. The van der Waals surface area contributed by atoms with Gasteiger partial charge in [-0.3, -0.25) is 4.79 Å². The molecule has 0 aromatic heterocycles. The van der Waals surface area contributed by atoms with Crippen molar-refractivity contribution in [2.24, 2.45) is 11.5 Å². The second-order valence-corrected chi connectivity index (χ2v) is 3.88. The van der Waals surface area contributed by atoms with Gasteiger partial charge < -0.3 is 11.5 Å². The Bertz CT molecular complexity index is 370. The fourth-order valence-electron chi connectivity index (χ4n) is 1.53. The highest BCUT2D eigenvalue weighted by Crippen LogP contribution is 2.22. The van der Waals surface area contributed by atoms with Gasteiger partial charge in [0, 0.05) is 0 Å². The van der Waals surface area contributed by atoms with Crippen molar-refractivity contribution in [3.63, 3.8) is 0 Å². The molecule has 0 bridgehead atoms. The van der Waals surface area contributed by atoms with E-state index < -0.39 is 11.4 Å². The highest BCUT2D eigenvalue weighted by Gasteiger charge is 2.29. The van der Waals surface area contributed by atoms with Crippen molar-refractivity contribution in [2.45, 2.75) is 26.3 Å². The van der Waals surface area contributed by atoms with Crippen LogP contribution in [0.3, 0.4) is 0 Å². The summed E-state index contributed by atoms with van der Waals surface area (Å²) in [6.45, 7) is 5.55. The molecule has 0 aliphatic rings. The van der Waals surface area contributed by atoms with Crippen LogP contribution in [0, 0.1) is 13.8 Å². The van der Waals surface area contributed by atoms with E-state index in [1.54, 1.807) is 6.92 Å². The van der Waals surface area contributed by atoms with Gasteiger partial charge in [0.05, 0.1) is 0 Å². The number of hydrogen-bond acceptors (Lipinski definition) is 2. The van der Waals surface area contributed by atoms with Gasteiger partial charge >= 0.3 is 0 Å². The van der Waals surface area contributed by atoms with E-state index in [9.17, 15) is 4.79 Å². The van der Waals surface area contributed by atoms with Crippen molar-refractivity contribution >= 4 is 5.91 Å². The molecule has 0 radical (unpaired) electrons. The average Bonchev–Trinajstić information content (AvgIpc) is 2.02. The van der Waals surface area contributed by atoms with E-state index in [0.717, 1.165) is 16.7 Å². The summed E-state index contributed by atoms with van der Waals surface area (Å²) in [5, 5.41) is 0. The number of rotatable bonds is 2. The summed E-state index contributed by atoms with van der Waals surface area (Å²) in [5.74, 6) is -0.510. The molecule has 0 saturated heterocycles. The fourth-order valence-corrected chi connectivity index (χ4v) is 1.53. The zero-order valence-corrected chi connectivity index (χ0v) is 8.79. The highest BCUT2D eigenvalue weighted by molar-refractivity contribution is 5.85. The Labute approximate surface area is 84.1 Å². The van der Waals surface area contributed by atoms with Crippen molar-refractivity contribution in [3.05, 3.63) is 34.9 Å². The van der Waals surface area contributed by atoms with Crippen LogP contribution in [-0.2, 0) is 10.3 Å². The van der Waals surface area contributed by atoms with Crippen LogP contribution in [0.5, 0.6) is 0 Å². The number of hydrogen-bond donors (Lipinski definition) is 2. The van der Waals surface area contributed by atoms with Gasteiger partial charge in [0.15, 0.2) is 0 Å². The molecule has 14 heavy (non-hydrogen) atoms. The summed E-state index contributed by atoms with van der Waals surface area (Å²) >= 11 is 0. The quantitative estimate of drug-likeness (QED) is 0.732. The van der Waals surface area contributed by atoms with Crippen LogP contribution in [0.15, 0.2) is 18.2 Å². The fraction of sp³-hybridized carbons (Fsp3) is 0.364. The first-order valence-corrected chi connectivity index (χ1v) is 4.52. The molecule has 4 N–H and O–H groups in total. The van der Waals surface area contributed by atoms with Gasteiger partial charge in [-0.05, 0) is 31.9 Å². The summed E-state index contributed by atoms with van der Waals surface area (Å²) in [6.07, 6.45) is 0. The Hall–Kier alpha value is -1.35.